The second-order valence-corrected chi connectivity index (χ2v) is 6.67. The number of benzene rings is 1. The van der Waals surface area contributed by atoms with Crippen LogP contribution in [-0.4, -0.2) is 9.55 Å². The van der Waals surface area contributed by atoms with Gasteiger partial charge in [-0.3, -0.25) is 0 Å². The third-order valence-corrected chi connectivity index (χ3v) is 5.55. The highest BCUT2D eigenvalue weighted by atomic mass is 32.1. The molecule has 3 nitrogen and oxygen atoms in total. The Morgan fingerprint density at radius 2 is 2.25 bits per heavy atom. The van der Waals surface area contributed by atoms with Gasteiger partial charge >= 0.3 is 0 Å². The summed E-state index contributed by atoms with van der Waals surface area (Å²) >= 11 is 5.48. The Morgan fingerprint density at radius 1 is 1.35 bits per heavy atom. The van der Waals surface area contributed by atoms with Gasteiger partial charge in [-0.2, -0.15) is 5.26 Å². The normalized spacial score (nSPS) is 28.1. The molecule has 1 N–H and O–H groups in total. The summed E-state index contributed by atoms with van der Waals surface area (Å²) in [5.74, 6) is 2.62. The fourth-order valence-electron chi connectivity index (χ4n) is 4.29. The van der Waals surface area contributed by atoms with E-state index < -0.39 is 0 Å². The van der Waals surface area contributed by atoms with Crippen LogP contribution in [0.4, 0.5) is 0 Å². The van der Waals surface area contributed by atoms with E-state index >= 15 is 0 Å². The highest BCUT2D eigenvalue weighted by molar-refractivity contribution is 7.71. The molecule has 2 saturated carbocycles. The third-order valence-electron chi connectivity index (χ3n) is 5.23. The summed E-state index contributed by atoms with van der Waals surface area (Å²) in [6.07, 6.45) is 5.61. The molecule has 102 valence electrons. The summed E-state index contributed by atoms with van der Waals surface area (Å²) in [6, 6.07) is 8.09. The fraction of sp³-hybridized carbons (Fsp3) is 0.500. The summed E-state index contributed by atoms with van der Waals surface area (Å²) in [5.41, 5.74) is 2.65. The summed E-state index contributed by atoms with van der Waals surface area (Å²) in [7, 11) is 0. The molecule has 2 fully saturated rings. The fourth-order valence-corrected chi connectivity index (χ4v) is 4.56. The molecule has 2 aromatic rings. The number of aromatic nitrogens is 2. The smallest absolute Gasteiger partial charge is 0.178 e. The van der Waals surface area contributed by atoms with Crippen LogP contribution in [0.25, 0.3) is 11.0 Å². The van der Waals surface area contributed by atoms with Gasteiger partial charge in [0.1, 0.15) is 6.07 Å². The van der Waals surface area contributed by atoms with Crippen LogP contribution in [0.15, 0.2) is 18.2 Å². The van der Waals surface area contributed by atoms with Gasteiger partial charge in [-0.25, -0.2) is 0 Å². The molecule has 2 bridgehead atoms. The summed E-state index contributed by atoms with van der Waals surface area (Å²) in [6.45, 7) is 1.01. The van der Waals surface area contributed by atoms with Gasteiger partial charge in [0.25, 0.3) is 0 Å². The van der Waals surface area contributed by atoms with E-state index in [9.17, 15) is 5.26 Å². The number of hydrogen-bond donors (Lipinski definition) is 1. The maximum Gasteiger partial charge on any atom is 0.178 e. The Labute approximate surface area is 123 Å². The van der Waals surface area contributed by atoms with Gasteiger partial charge in [0.15, 0.2) is 4.77 Å². The van der Waals surface area contributed by atoms with Gasteiger partial charge in [-0.1, -0.05) is 12.5 Å². The number of aromatic amines is 1. The van der Waals surface area contributed by atoms with E-state index in [4.69, 9.17) is 12.2 Å². The second-order valence-electron chi connectivity index (χ2n) is 6.29. The van der Waals surface area contributed by atoms with E-state index in [0.29, 0.717) is 5.56 Å². The van der Waals surface area contributed by atoms with Gasteiger partial charge in [0.2, 0.25) is 0 Å². The minimum atomic E-state index is 0.681. The van der Waals surface area contributed by atoms with Crippen LogP contribution in [0.3, 0.4) is 0 Å². The van der Waals surface area contributed by atoms with Crippen molar-refractivity contribution in [2.45, 2.75) is 32.2 Å². The van der Waals surface area contributed by atoms with E-state index in [1.54, 1.807) is 0 Å². The van der Waals surface area contributed by atoms with Crippen LogP contribution in [0.1, 0.15) is 31.2 Å². The molecular formula is C16H17N3S. The molecule has 2 aliphatic carbocycles. The molecule has 1 aromatic heterocycles. The number of para-hydroxylation sites is 1. The molecule has 0 saturated heterocycles. The molecule has 2 aliphatic rings. The van der Waals surface area contributed by atoms with Gasteiger partial charge in [-0.05, 0) is 61.4 Å². The number of nitrogens with zero attached hydrogens (tertiary/aromatic N) is 2. The quantitative estimate of drug-likeness (QED) is 0.846. The molecule has 4 rings (SSSR count). The van der Waals surface area contributed by atoms with E-state index in [-0.39, 0.29) is 0 Å². The lowest BCUT2D eigenvalue weighted by molar-refractivity contribution is 0.297. The number of nitrogens with one attached hydrogen (secondary N) is 1. The molecule has 3 atom stereocenters. The van der Waals surface area contributed by atoms with Gasteiger partial charge in [-0.15, -0.1) is 0 Å². The van der Waals surface area contributed by atoms with Crippen LogP contribution in [0.2, 0.25) is 0 Å². The Balaban J connectivity index is 1.75. The molecule has 3 unspecified atom stereocenters. The topological polar surface area (TPSA) is 44.5 Å². The Hall–Kier alpha value is -1.60. The summed E-state index contributed by atoms with van der Waals surface area (Å²) in [4.78, 5) is 3.22. The van der Waals surface area contributed by atoms with Crippen LogP contribution in [-0.2, 0) is 6.54 Å². The predicted octanol–water partition coefficient (Wildman–Crippen LogP) is 4.01. The first kappa shape index (κ1) is 12.2. The first-order valence-electron chi connectivity index (χ1n) is 7.38. The number of hydrogen-bond acceptors (Lipinski definition) is 2. The van der Waals surface area contributed by atoms with Gasteiger partial charge < -0.3 is 9.55 Å². The summed E-state index contributed by atoms with van der Waals surface area (Å²) in [5, 5.41) is 9.19. The maximum absolute atomic E-state index is 9.19. The highest BCUT2D eigenvalue weighted by Crippen LogP contribution is 2.49. The zero-order valence-electron chi connectivity index (χ0n) is 11.3. The van der Waals surface area contributed by atoms with Gasteiger partial charge in [0.05, 0.1) is 16.6 Å². The molecule has 1 heterocycles. The van der Waals surface area contributed by atoms with Crippen LogP contribution < -0.4 is 0 Å². The van der Waals surface area contributed by atoms with E-state index in [1.807, 2.05) is 12.1 Å². The minimum Gasteiger partial charge on any atom is -0.329 e. The van der Waals surface area contributed by atoms with Gasteiger partial charge in [0, 0.05) is 6.54 Å². The zero-order chi connectivity index (χ0) is 13.7. The Morgan fingerprint density at radius 3 is 2.95 bits per heavy atom. The lowest BCUT2D eigenvalue weighted by Crippen LogP contribution is -2.17. The van der Waals surface area contributed by atoms with Crippen LogP contribution >= 0.6 is 12.2 Å². The molecule has 0 amide bonds. The highest BCUT2D eigenvalue weighted by Gasteiger charge is 2.39. The average Bonchev–Trinajstić information content (AvgIpc) is 3.14. The predicted molar refractivity (Wildman–Crippen MR) is 80.8 cm³/mol. The van der Waals surface area contributed by atoms with E-state index in [0.717, 1.165) is 40.1 Å². The molecule has 4 heteroatoms. The van der Waals surface area contributed by atoms with Crippen molar-refractivity contribution in [1.82, 2.24) is 9.55 Å². The van der Waals surface area contributed by atoms with Crippen molar-refractivity contribution < 1.29 is 0 Å². The molecule has 0 spiro atoms. The standard InChI is InChI=1S/C16H17N3S/c17-8-12-2-1-3-14-15(12)18-16(20)19(14)9-13-7-10-4-5-11(13)6-10/h1-3,10-11,13H,4-7,9H2,(H,18,20). The number of fused-ring (bicyclic) bond motifs is 3. The Kier molecular flexibility index (Phi) is 2.71. The van der Waals surface area contributed by atoms with Crippen molar-refractivity contribution in [3.05, 3.63) is 28.5 Å². The Bertz CT molecular complexity index is 764. The number of H-pyrrole nitrogens is 1. The van der Waals surface area contributed by atoms with Crippen LogP contribution in [0, 0.1) is 33.9 Å². The van der Waals surface area contributed by atoms with Crippen molar-refractivity contribution in [1.29, 1.82) is 5.26 Å². The lowest BCUT2D eigenvalue weighted by Gasteiger charge is -2.22. The van der Waals surface area contributed by atoms with Crippen molar-refractivity contribution in [3.8, 4) is 6.07 Å². The average molecular weight is 283 g/mol. The number of nitriles is 1. The maximum atomic E-state index is 9.19. The second kappa shape index (κ2) is 4.46. The number of rotatable bonds is 2. The monoisotopic (exact) mass is 283 g/mol. The third kappa shape index (κ3) is 1.73. The number of imidazole rings is 1. The summed E-state index contributed by atoms with van der Waals surface area (Å²) < 4.78 is 2.96. The molecule has 0 radical (unpaired) electrons. The first-order valence-corrected chi connectivity index (χ1v) is 7.78. The first-order chi connectivity index (χ1) is 9.76. The SMILES string of the molecule is N#Cc1cccc2c1[nH]c(=S)n2CC1CC2CCC1C2. The molecule has 20 heavy (non-hydrogen) atoms. The lowest BCUT2D eigenvalue weighted by atomic mass is 9.89. The van der Waals surface area contributed by atoms with Crippen LogP contribution in [0.5, 0.6) is 0 Å². The molecule has 0 aliphatic heterocycles. The largest absolute Gasteiger partial charge is 0.329 e. The van der Waals surface area contributed by atoms with Crippen molar-refractivity contribution in [2.75, 3.05) is 0 Å². The molecule has 1 aromatic carbocycles. The van der Waals surface area contributed by atoms with E-state index in [2.05, 4.69) is 21.7 Å². The minimum absolute atomic E-state index is 0.681. The van der Waals surface area contributed by atoms with Crippen molar-refractivity contribution in [2.24, 2.45) is 17.8 Å². The van der Waals surface area contributed by atoms with E-state index in [1.165, 1.54) is 25.7 Å². The van der Waals surface area contributed by atoms with Crippen molar-refractivity contribution in [3.63, 3.8) is 0 Å². The van der Waals surface area contributed by atoms with Crippen molar-refractivity contribution >= 4 is 23.3 Å². The zero-order valence-corrected chi connectivity index (χ0v) is 12.1. The molecular weight excluding hydrogens is 266 g/mol.